The maximum absolute atomic E-state index is 11.6. The van der Waals surface area contributed by atoms with Crippen molar-refractivity contribution in [2.75, 3.05) is 40.4 Å². The predicted molar refractivity (Wildman–Crippen MR) is 99.0 cm³/mol. The molecule has 6 nitrogen and oxygen atoms in total. The number of piperidine rings is 1. The Bertz CT molecular complexity index is 564. The minimum atomic E-state index is -0.101. The van der Waals surface area contributed by atoms with E-state index in [4.69, 9.17) is 9.47 Å². The summed E-state index contributed by atoms with van der Waals surface area (Å²) in [6.07, 6.45) is 2.51. The number of aryl methyl sites for hydroxylation is 1. The Morgan fingerprint density at radius 2 is 1.96 bits per heavy atom. The highest BCUT2D eigenvalue weighted by Gasteiger charge is 2.26. The van der Waals surface area contributed by atoms with Crippen LogP contribution in [0.5, 0.6) is 5.75 Å². The largest absolute Gasteiger partial charge is 0.494 e. The number of nitrogens with one attached hydrogen (secondary N) is 1. The van der Waals surface area contributed by atoms with Crippen LogP contribution < -0.4 is 10.1 Å². The van der Waals surface area contributed by atoms with Gasteiger partial charge in [-0.25, -0.2) is 0 Å². The predicted octanol–water partition coefficient (Wildman–Crippen LogP) is 2.22. The first-order valence-electron chi connectivity index (χ1n) is 8.87. The lowest BCUT2D eigenvalue weighted by Crippen LogP contribution is -2.47. The van der Waals surface area contributed by atoms with Crippen LogP contribution in [-0.4, -0.2) is 57.2 Å². The van der Waals surface area contributed by atoms with Gasteiger partial charge in [0.05, 0.1) is 19.6 Å². The fourth-order valence-corrected chi connectivity index (χ4v) is 2.92. The molecule has 2 rings (SSSR count). The van der Waals surface area contributed by atoms with E-state index in [9.17, 15) is 4.79 Å². The summed E-state index contributed by atoms with van der Waals surface area (Å²) in [5.74, 6) is 1.71. The van der Waals surface area contributed by atoms with Gasteiger partial charge in [-0.1, -0.05) is 17.7 Å². The van der Waals surface area contributed by atoms with Crippen LogP contribution in [0, 0.1) is 12.8 Å². The first-order valence-corrected chi connectivity index (χ1v) is 8.87. The van der Waals surface area contributed by atoms with Crippen molar-refractivity contribution in [3.05, 3.63) is 29.8 Å². The van der Waals surface area contributed by atoms with Gasteiger partial charge < -0.3 is 19.7 Å². The maximum Gasteiger partial charge on any atom is 0.308 e. The second kappa shape index (κ2) is 9.91. The van der Waals surface area contributed by atoms with Crippen LogP contribution in [0.3, 0.4) is 0 Å². The Morgan fingerprint density at radius 3 is 2.56 bits per heavy atom. The number of guanidine groups is 1. The van der Waals surface area contributed by atoms with Gasteiger partial charge >= 0.3 is 5.97 Å². The second-order valence-electron chi connectivity index (χ2n) is 6.27. The molecule has 1 aliphatic heterocycles. The number of benzene rings is 1. The summed E-state index contributed by atoms with van der Waals surface area (Å²) in [4.78, 5) is 18.1. The molecule has 0 saturated carbocycles. The third kappa shape index (κ3) is 5.96. The van der Waals surface area contributed by atoms with Crippen LogP contribution in [0.15, 0.2) is 29.3 Å². The lowest BCUT2D eigenvalue weighted by Gasteiger charge is -2.33. The number of ether oxygens (including phenoxy) is 2. The number of carbonyl (C=O) groups excluding carboxylic acids is 1. The van der Waals surface area contributed by atoms with E-state index in [0.29, 0.717) is 6.61 Å². The second-order valence-corrected chi connectivity index (χ2v) is 6.27. The Morgan fingerprint density at radius 1 is 1.28 bits per heavy atom. The molecule has 0 atom stereocenters. The van der Waals surface area contributed by atoms with Crippen molar-refractivity contribution in [1.82, 2.24) is 10.2 Å². The number of nitrogens with zero attached hydrogens (tertiary/aromatic N) is 2. The standard InChI is InChI=1S/C19H29N3O3/c1-15-5-7-17(8-6-15)25-14-4-11-21-19(20-2)22-12-9-16(10-13-22)18(23)24-3/h5-8,16H,4,9-14H2,1-3H3,(H,20,21). The van der Waals surface area contributed by atoms with Crippen LogP contribution in [0.4, 0.5) is 0 Å². The van der Waals surface area contributed by atoms with Gasteiger partial charge in [0.2, 0.25) is 0 Å². The number of rotatable bonds is 6. The van der Waals surface area contributed by atoms with Crippen LogP contribution in [0.2, 0.25) is 0 Å². The first-order chi connectivity index (χ1) is 12.1. The summed E-state index contributed by atoms with van der Waals surface area (Å²) in [5, 5.41) is 3.37. The zero-order chi connectivity index (χ0) is 18.1. The number of likely N-dealkylation sites (tertiary alicyclic amines) is 1. The zero-order valence-electron chi connectivity index (χ0n) is 15.5. The Hall–Kier alpha value is -2.24. The van der Waals surface area contributed by atoms with Crippen molar-refractivity contribution in [2.24, 2.45) is 10.9 Å². The monoisotopic (exact) mass is 347 g/mol. The van der Waals surface area contributed by atoms with E-state index >= 15 is 0 Å². The molecule has 138 valence electrons. The van der Waals surface area contributed by atoms with Crippen LogP contribution in [0.25, 0.3) is 0 Å². The van der Waals surface area contributed by atoms with Gasteiger partial charge in [-0.15, -0.1) is 0 Å². The molecule has 1 aromatic carbocycles. The van der Waals surface area contributed by atoms with Crippen molar-refractivity contribution < 1.29 is 14.3 Å². The summed E-state index contributed by atoms with van der Waals surface area (Å²) >= 11 is 0. The van der Waals surface area contributed by atoms with Crippen LogP contribution >= 0.6 is 0 Å². The molecule has 0 aromatic heterocycles. The molecule has 0 spiro atoms. The molecule has 0 unspecified atom stereocenters. The van der Waals surface area contributed by atoms with Gasteiger partial charge in [0.15, 0.2) is 5.96 Å². The van der Waals surface area contributed by atoms with E-state index in [1.165, 1.54) is 12.7 Å². The molecule has 6 heteroatoms. The first kappa shape index (κ1) is 19.1. The topological polar surface area (TPSA) is 63.2 Å². The molecule has 0 amide bonds. The minimum Gasteiger partial charge on any atom is -0.494 e. The Kier molecular flexibility index (Phi) is 7.57. The van der Waals surface area contributed by atoms with E-state index in [2.05, 4.69) is 22.1 Å². The number of carbonyl (C=O) groups is 1. The van der Waals surface area contributed by atoms with Gasteiger partial charge in [-0.3, -0.25) is 9.79 Å². The van der Waals surface area contributed by atoms with Crippen molar-refractivity contribution in [2.45, 2.75) is 26.2 Å². The maximum atomic E-state index is 11.6. The van der Waals surface area contributed by atoms with Crippen molar-refractivity contribution >= 4 is 11.9 Å². The molecular formula is C19H29N3O3. The third-order valence-electron chi connectivity index (χ3n) is 4.43. The number of esters is 1. The molecule has 0 radical (unpaired) electrons. The molecular weight excluding hydrogens is 318 g/mol. The summed E-state index contributed by atoms with van der Waals surface area (Å²) in [6, 6.07) is 8.08. The average molecular weight is 347 g/mol. The molecule has 25 heavy (non-hydrogen) atoms. The fourth-order valence-electron chi connectivity index (χ4n) is 2.92. The molecule has 1 aliphatic rings. The average Bonchev–Trinajstić information content (AvgIpc) is 2.65. The van der Waals surface area contributed by atoms with Gasteiger partial charge in [0, 0.05) is 26.7 Å². The fraction of sp³-hybridized carbons (Fsp3) is 0.579. The lowest BCUT2D eigenvalue weighted by molar-refractivity contribution is -0.146. The van der Waals surface area contributed by atoms with E-state index in [0.717, 1.165) is 50.6 Å². The van der Waals surface area contributed by atoms with Crippen LogP contribution in [-0.2, 0) is 9.53 Å². The minimum absolute atomic E-state index is 0.0160. The number of aliphatic imine (C=N–C) groups is 1. The smallest absolute Gasteiger partial charge is 0.308 e. The highest BCUT2D eigenvalue weighted by molar-refractivity contribution is 5.80. The normalized spacial score (nSPS) is 15.8. The number of methoxy groups -OCH3 is 1. The van der Waals surface area contributed by atoms with Crippen molar-refractivity contribution in [3.8, 4) is 5.75 Å². The summed E-state index contributed by atoms with van der Waals surface area (Å²) in [5.41, 5.74) is 1.23. The SMILES string of the molecule is CN=C(NCCCOc1ccc(C)cc1)N1CCC(C(=O)OC)CC1. The summed E-state index contributed by atoms with van der Waals surface area (Å²) in [7, 11) is 3.24. The van der Waals surface area contributed by atoms with E-state index < -0.39 is 0 Å². The van der Waals surface area contributed by atoms with Gasteiger partial charge in [0.25, 0.3) is 0 Å². The molecule has 1 saturated heterocycles. The quantitative estimate of drug-likeness (QED) is 0.370. The zero-order valence-corrected chi connectivity index (χ0v) is 15.5. The molecule has 0 aliphatic carbocycles. The third-order valence-corrected chi connectivity index (χ3v) is 4.43. The Labute approximate surface area is 150 Å². The Balaban J connectivity index is 1.65. The molecule has 1 heterocycles. The highest BCUT2D eigenvalue weighted by atomic mass is 16.5. The lowest BCUT2D eigenvalue weighted by atomic mass is 9.97. The van der Waals surface area contributed by atoms with E-state index in [-0.39, 0.29) is 11.9 Å². The highest BCUT2D eigenvalue weighted by Crippen LogP contribution is 2.18. The molecule has 1 aromatic rings. The van der Waals surface area contributed by atoms with Gasteiger partial charge in [-0.2, -0.15) is 0 Å². The summed E-state index contributed by atoms with van der Waals surface area (Å²) < 4.78 is 10.6. The van der Waals surface area contributed by atoms with Gasteiger partial charge in [0.1, 0.15) is 5.75 Å². The van der Waals surface area contributed by atoms with E-state index in [1.807, 2.05) is 24.3 Å². The molecule has 0 bridgehead atoms. The number of hydrogen-bond acceptors (Lipinski definition) is 4. The molecule has 1 fully saturated rings. The van der Waals surface area contributed by atoms with Gasteiger partial charge in [-0.05, 0) is 38.3 Å². The summed E-state index contributed by atoms with van der Waals surface area (Å²) in [6.45, 7) is 5.17. The molecule has 1 N–H and O–H groups in total. The van der Waals surface area contributed by atoms with Crippen LogP contribution in [0.1, 0.15) is 24.8 Å². The van der Waals surface area contributed by atoms with Crippen molar-refractivity contribution in [3.63, 3.8) is 0 Å². The van der Waals surface area contributed by atoms with E-state index in [1.54, 1.807) is 7.05 Å². The number of hydrogen-bond donors (Lipinski definition) is 1. The van der Waals surface area contributed by atoms with Crippen molar-refractivity contribution in [1.29, 1.82) is 0 Å².